The van der Waals surface area contributed by atoms with Crippen LogP contribution in [-0.4, -0.2) is 22.4 Å². The van der Waals surface area contributed by atoms with Crippen LogP contribution in [0.5, 0.6) is 0 Å². The van der Waals surface area contributed by atoms with Crippen molar-refractivity contribution in [1.29, 1.82) is 5.26 Å². The predicted molar refractivity (Wildman–Crippen MR) is 62.2 cm³/mol. The van der Waals surface area contributed by atoms with E-state index in [1.807, 2.05) is 24.9 Å². The van der Waals surface area contributed by atoms with Crippen LogP contribution in [0.4, 0.5) is 0 Å². The van der Waals surface area contributed by atoms with Crippen LogP contribution in [-0.2, 0) is 6.54 Å². The summed E-state index contributed by atoms with van der Waals surface area (Å²) >= 11 is 3.34. The number of hydrogen-bond donors (Lipinski definition) is 1. The highest BCUT2D eigenvalue weighted by atomic mass is 79.9. The van der Waals surface area contributed by atoms with Crippen molar-refractivity contribution in [2.24, 2.45) is 0 Å². The number of hydrogen-bond acceptors (Lipinski definition) is 3. The van der Waals surface area contributed by atoms with Crippen molar-refractivity contribution in [2.45, 2.75) is 31.8 Å². The van der Waals surface area contributed by atoms with Gasteiger partial charge >= 0.3 is 0 Å². The first-order valence-electron chi connectivity index (χ1n) is 4.88. The Morgan fingerprint density at radius 1 is 1.73 bits per heavy atom. The lowest BCUT2D eigenvalue weighted by Gasteiger charge is -2.20. The summed E-state index contributed by atoms with van der Waals surface area (Å²) in [7, 11) is 1.81. The van der Waals surface area contributed by atoms with Gasteiger partial charge in [0.2, 0.25) is 0 Å². The SMILES string of the molecule is CNC(C)(C#N)CCCn1cc(Br)cn1. The zero-order valence-electron chi connectivity index (χ0n) is 9.00. The van der Waals surface area contributed by atoms with Crippen LogP contribution >= 0.6 is 15.9 Å². The molecule has 0 radical (unpaired) electrons. The molecule has 0 aromatic carbocycles. The van der Waals surface area contributed by atoms with Gasteiger partial charge in [-0.1, -0.05) is 0 Å². The Labute approximate surface area is 98.4 Å². The van der Waals surface area contributed by atoms with Crippen LogP contribution in [0, 0.1) is 11.3 Å². The van der Waals surface area contributed by atoms with Crippen molar-refractivity contribution >= 4 is 15.9 Å². The van der Waals surface area contributed by atoms with Crippen molar-refractivity contribution in [3.8, 4) is 6.07 Å². The summed E-state index contributed by atoms with van der Waals surface area (Å²) in [5, 5.41) is 16.1. The average molecular weight is 271 g/mol. The van der Waals surface area contributed by atoms with E-state index in [9.17, 15) is 0 Å². The second kappa shape index (κ2) is 5.29. The first-order chi connectivity index (χ1) is 7.09. The lowest BCUT2D eigenvalue weighted by Crippen LogP contribution is -2.38. The molecule has 0 bridgehead atoms. The van der Waals surface area contributed by atoms with Crippen LogP contribution in [0.2, 0.25) is 0 Å². The minimum Gasteiger partial charge on any atom is -0.303 e. The summed E-state index contributed by atoms with van der Waals surface area (Å²) < 4.78 is 2.86. The van der Waals surface area contributed by atoms with Crippen LogP contribution in [0.3, 0.4) is 0 Å². The van der Waals surface area contributed by atoms with Gasteiger partial charge in [0, 0.05) is 12.7 Å². The fourth-order valence-electron chi connectivity index (χ4n) is 1.29. The second-order valence-electron chi connectivity index (χ2n) is 3.72. The fraction of sp³-hybridized carbons (Fsp3) is 0.600. The molecule has 1 aromatic heterocycles. The molecule has 1 unspecified atom stereocenters. The van der Waals surface area contributed by atoms with Crippen molar-refractivity contribution in [1.82, 2.24) is 15.1 Å². The predicted octanol–water partition coefficient (Wildman–Crippen LogP) is 1.93. The van der Waals surface area contributed by atoms with Gasteiger partial charge in [-0.05, 0) is 42.7 Å². The number of halogens is 1. The first-order valence-corrected chi connectivity index (χ1v) is 5.67. The molecule has 0 amide bonds. The van der Waals surface area contributed by atoms with Crippen LogP contribution in [0.25, 0.3) is 0 Å². The molecule has 1 atom stereocenters. The molecule has 15 heavy (non-hydrogen) atoms. The lowest BCUT2D eigenvalue weighted by atomic mass is 9.98. The maximum Gasteiger partial charge on any atom is 0.103 e. The lowest BCUT2D eigenvalue weighted by molar-refractivity contribution is 0.415. The summed E-state index contributed by atoms with van der Waals surface area (Å²) in [4.78, 5) is 0. The third-order valence-electron chi connectivity index (χ3n) is 2.46. The number of nitrogens with zero attached hydrogens (tertiary/aromatic N) is 3. The third kappa shape index (κ3) is 3.65. The van der Waals surface area contributed by atoms with E-state index in [4.69, 9.17) is 5.26 Å². The van der Waals surface area contributed by atoms with Crippen LogP contribution < -0.4 is 5.32 Å². The van der Waals surface area contributed by atoms with Crippen LogP contribution in [0.1, 0.15) is 19.8 Å². The number of rotatable bonds is 5. The smallest absolute Gasteiger partial charge is 0.103 e. The van der Waals surface area contributed by atoms with Gasteiger partial charge in [0.05, 0.1) is 16.7 Å². The van der Waals surface area contributed by atoms with E-state index in [0.29, 0.717) is 0 Å². The van der Waals surface area contributed by atoms with E-state index >= 15 is 0 Å². The minimum absolute atomic E-state index is 0.426. The van der Waals surface area contributed by atoms with Gasteiger partial charge in [-0.3, -0.25) is 4.68 Å². The highest BCUT2D eigenvalue weighted by molar-refractivity contribution is 9.10. The molecule has 5 heteroatoms. The average Bonchev–Trinajstić information content (AvgIpc) is 2.64. The van der Waals surface area contributed by atoms with Crippen molar-refractivity contribution in [3.63, 3.8) is 0 Å². The van der Waals surface area contributed by atoms with Gasteiger partial charge in [0.1, 0.15) is 5.54 Å². The molecule has 0 aliphatic rings. The van der Waals surface area contributed by atoms with Crippen LogP contribution in [0.15, 0.2) is 16.9 Å². The highest BCUT2D eigenvalue weighted by Crippen LogP contribution is 2.12. The molecule has 1 aromatic rings. The van der Waals surface area contributed by atoms with E-state index in [0.717, 1.165) is 23.9 Å². The molecule has 4 nitrogen and oxygen atoms in total. The Bertz CT molecular complexity index is 355. The molecular weight excluding hydrogens is 256 g/mol. The Kier molecular flexibility index (Phi) is 4.30. The largest absolute Gasteiger partial charge is 0.303 e. The zero-order chi connectivity index (χ0) is 11.3. The minimum atomic E-state index is -0.426. The molecule has 1 N–H and O–H groups in total. The molecule has 0 saturated carbocycles. The maximum atomic E-state index is 8.94. The van der Waals surface area contributed by atoms with Crippen molar-refractivity contribution < 1.29 is 0 Å². The van der Waals surface area contributed by atoms with Gasteiger partial charge < -0.3 is 5.32 Å². The summed E-state index contributed by atoms with van der Waals surface area (Å²) in [6, 6.07) is 2.27. The molecule has 82 valence electrons. The Balaban J connectivity index is 2.37. The van der Waals surface area contributed by atoms with Gasteiger partial charge in [-0.2, -0.15) is 10.4 Å². The monoisotopic (exact) mass is 270 g/mol. The van der Waals surface area contributed by atoms with Gasteiger partial charge in [-0.25, -0.2) is 0 Å². The van der Waals surface area contributed by atoms with E-state index in [-0.39, 0.29) is 0 Å². The molecule has 0 aliphatic heterocycles. The zero-order valence-corrected chi connectivity index (χ0v) is 10.6. The topological polar surface area (TPSA) is 53.6 Å². The van der Waals surface area contributed by atoms with Gasteiger partial charge in [-0.15, -0.1) is 0 Å². The summed E-state index contributed by atoms with van der Waals surface area (Å²) in [6.07, 6.45) is 5.45. The Hall–Kier alpha value is -0.860. The van der Waals surface area contributed by atoms with Gasteiger partial charge in [0.15, 0.2) is 0 Å². The summed E-state index contributed by atoms with van der Waals surface area (Å²) in [5.41, 5.74) is -0.426. The fourth-order valence-corrected chi connectivity index (χ4v) is 1.62. The van der Waals surface area contributed by atoms with Crippen molar-refractivity contribution in [2.75, 3.05) is 7.05 Å². The molecule has 0 fully saturated rings. The van der Waals surface area contributed by atoms with E-state index in [1.165, 1.54) is 0 Å². The molecule has 1 rings (SSSR count). The highest BCUT2D eigenvalue weighted by Gasteiger charge is 2.19. The number of aryl methyl sites for hydroxylation is 1. The third-order valence-corrected chi connectivity index (χ3v) is 2.87. The quantitative estimate of drug-likeness (QED) is 0.890. The Morgan fingerprint density at radius 2 is 2.47 bits per heavy atom. The maximum absolute atomic E-state index is 8.94. The standard InChI is InChI=1S/C10H15BrN4/c1-10(8-12,13-2)4-3-5-15-7-9(11)6-14-15/h6-7,13H,3-5H2,1-2H3. The summed E-state index contributed by atoms with van der Waals surface area (Å²) in [5.74, 6) is 0. The molecule has 0 spiro atoms. The number of nitriles is 1. The first kappa shape index (κ1) is 12.2. The number of aromatic nitrogens is 2. The number of nitrogens with one attached hydrogen (secondary N) is 1. The van der Waals surface area contributed by atoms with E-state index < -0.39 is 5.54 Å². The molecule has 0 saturated heterocycles. The van der Waals surface area contributed by atoms with Crippen molar-refractivity contribution in [3.05, 3.63) is 16.9 Å². The van der Waals surface area contributed by atoms with E-state index in [2.05, 4.69) is 32.4 Å². The summed E-state index contributed by atoms with van der Waals surface area (Å²) in [6.45, 7) is 2.75. The Morgan fingerprint density at radius 3 is 2.93 bits per heavy atom. The van der Waals surface area contributed by atoms with Gasteiger partial charge in [0.25, 0.3) is 0 Å². The molecular formula is C10H15BrN4. The van der Waals surface area contributed by atoms with E-state index in [1.54, 1.807) is 6.20 Å². The molecule has 0 aliphatic carbocycles. The normalized spacial score (nSPS) is 14.5. The second-order valence-corrected chi connectivity index (χ2v) is 4.63. The molecule has 1 heterocycles.